The van der Waals surface area contributed by atoms with Gasteiger partial charge in [0.25, 0.3) is 0 Å². The van der Waals surface area contributed by atoms with Crippen molar-refractivity contribution in [3.8, 4) is 0 Å². The van der Waals surface area contributed by atoms with Gasteiger partial charge < -0.3 is 30.5 Å². The van der Waals surface area contributed by atoms with E-state index in [4.69, 9.17) is 28.3 Å². The Balaban J connectivity index is 2.28. The summed E-state index contributed by atoms with van der Waals surface area (Å²) in [6.45, 7) is -0.754. The Morgan fingerprint density at radius 3 is 2.29 bits per heavy atom. The summed E-state index contributed by atoms with van der Waals surface area (Å²) in [5, 5.41) is 47.9. The smallest absolute Gasteiger partial charge is 0.140 e. The summed E-state index contributed by atoms with van der Waals surface area (Å²) in [6.07, 6.45) is -6.64. The zero-order valence-electron chi connectivity index (χ0n) is 10.6. The molecule has 0 aliphatic rings. The van der Waals surface area contributed by atoms with Crippen LogP contribution in [0.15, 0.2) is 12.1 Å². The van der Waals surface area contributed by atoms with E-state index in [9.17, 15) is 20.4 Å². The predicted octanol–water partition coefficient (Wildman–Crippen LogP) is -0.0219. The monoisotopic (exact) mass is 336 g/mol. The summed E-state index contributed by atoms with van der Waals surface area (Å²) < 4.78 is 0. The van der Waals surface area contributed by atoms with Crippen molar-refractivity contribution in [1.82, 2.24) is 9.97 Å². The van der Waals surface area contributed by atoms with Crippen LogP contribution in [0.5, 0.6) is 0 Å². The zero-order valence-corrected chi connectivity index (χ0v) is 12.1. The minimum absolute atomic E-state index is 0.0278. The van der Waals surface area contributed by atoms with Crippen LogP contribution < -0.4 is 0 Å². The van der Waals surface area contributed by atoms with Gasteiger partial charge in [-0.05, 0) is 12.1 Å². The Morgan fingerprint density at radius 2 is 1.67 bits per heavy atom. The molecule has 1 heterocycles. The highest BCUT2D eigenvalue weighted by atomic mass is 35.5. The van der Waals surface area contributed by atoms with Crippen LogP contribution in [0.25, 0.3) is 11.0 Å². The van der Waals surface area contributed by atoms with Gasteiger partial charge in [0, 0.05) is 0 Å². The number of nitrogens with zero attached hydrogens (tertiary/aromatic N) is 1. The van der Waals surface area contributed by atoms with Gasteiger partial charge in [0.2, 0.25) is 0 Å². The molecule has 0 unspecified atom stereocenters. The zero-order chi connectivity index (χ0) is 15.7. The summed E-state index contributed by atoms with van der Waals surface area (Å²) in [5.74, 6) is -0.0278. The number of hydrogen-bond acceptors (Lipinski definition) is 6. The van der Waals surface area contributed by atoms with E-state index in [1.807, 2.05) is 0 Å². The number of halogens is 2. The molecule has 0 spiro atoms. The first-order chi connectivity index (χ1) is 9.85. The van der Waals surface area contributed by atoms with Crippen LogP contribution in [-0.4, -0.2) is 60.4 Å². The molecule has 0 aliphatic heterocycles. The number of imidazole rings is 1. The van der Waals surface area contributed by atoms with E-state index >= 15 is 0 Å². The third kappa shape index (κ3) is 3.29. The molecule has 9 heteroatoms. The number of aliphatic hydroxyl groups excluding tert-OH is 5. The Kier molecular flexibility index (Phi) is 5.05. The number of fused-ring (bicyclic) bond motifs is 1. The molecule has 1 aromatic heterocycles. The van der Waals surface area contributed by atoms with Crippen LogP contribution in [0.4, 0.5) is 0 Å². The number of rotatable bonds is 5. The SMILES string of the molecule is OC[C@@H](O)[C@@H](O)[C@H](O)[C@@H](O)c1nc2cc(Cl)c(Cl)cc2[nH]1. The molecule has 116 valence electrons. The van der Waals surface area contributed by atoms with E-state index in [-0.39, 0.29) is 10.8 Å². The first-order valence-electron chi connectivity index (χ1n) is 6.03. The van der Waals surface area contributed by atoms with Crippen LogP contribution in [0.3, 0.4) is 0 Å². The topological polar surface area (TPSA) is 130 Å². The fraction of sp³-hybridized carbons (Fsp3) is 0.417. The number of aliphatic hydroxyl groups is 5. The van der Waals surface area contributed by atoms with Crippen molar-refractivity contribution < 1.29 is 25.5 Å². The Labute approximate surface area is 129 Å². The van der Waals surface area contributed by atoms with E-state index in [0.717, 1.165) is 0 Å². The lowest BCUT2D eigenvalue weighted by molar-refractivity contribution is -0.117. The average Bonchev–Trinajstić information content (AvgIpc) is 2.87. The minimum atomic E-state index is -1.74. The highest BCUT2D eigenvalue weighted by Gasteiger charge is 2.32. The van der Waals surface area contributed by atoms with Crippen molar-refractivity contribution in [1.29, 1.82) is 0 Å². The molecule has 0 saturated carbocycles. The lowest BCUT2D eigenvalue weighted by Gasteiger charge is -2.24. The second-order valence-electron chi connectivity index (χ2n) is 4.58. The second kappa shape index (κ2) is 6.45. The van der Waals surface area contributed by atoms with Gasteiger partial charge in [0.05, 0.1) is 27.7 Å². The largest absolute Gasteiger partial charge is 0.394 e. The first-order valence-corrected chi connectivity index (χ1v) is 6.78. The van der Waals surface area contributed by atoms with Gasteiger partial charge in [-0.3, -0.25) is 0 Å². The van der Waals surface area contributed by atoms with E-state index in [2.05, 4.69) is 9.97 Å². The quantitative estimate of drug-likeness (QED) is 0.455. The van der Waals surface area contributed by atoms with Crippen LogP contribution in [0.2, 0.25) is 10.0 Å². The van der Waals surface area contributed by atoms with E-state index < -0.39 is 31.0 Å². The lowest BCUT2D eigenvalue weighted by Crippen LogP contribution is -2.42. The summed E-state index contributed by atoms with van der Waals surface area (Å²) >= 11 is 11.7. The number of nitrogens with one attached hydrogen (secondary N) is 1. The highest BCUT2D eigenvalue weighted by molar-refractivity contribution is 6.42. The predicted molar refractivity (Wildman–Crippen MR) is 76.2 cm³/mol. The minimum Gasteiger partial charge on any atom is -0.394 e. The number of aromatic nitrogens is 2. The molecular weight excluding hydrogens is 323 g/mol. The van der Waals surface area contributed by atoms with Crippen molar-refractivity contribution in [2.75, 3.05) is 6.61 Å². The molecule has 0 amide bonds. The van der Waals surface area contributed by atoms with E-state index in [1.165, 1.54) is 12.1 Å². The average molecular weight is 337 g/mol. The number of benzene rings is 1. The van der Waals surface area contributed by atoms with Crippen molar-refractivity contribution in [2.24, 2.45) is 0 Å². The summed E-state index contributed by atoms with van der Waals surface area (Å²) in [6, 6.07) is 2.99. The summed E-state index contributed by atoms with van der Waals surface area (Å²) in [5.41, 5.74) is 0.908. The van der Waals surface area contributed by atoms with Crippen molar-refractivity contribution in [3.63, 3.8) is 0 Å². The molecule has 4 atom stereocenters. The van der Waals surface area contributed by atoms with Gasteiger partial charge in [-0.15, -0.1) is 0 Å². The van der Waals surface area contributed by atoms with Crippen molar-refractivity contribution in [2.45, 2.75) is 24.4 Å². The standard InChI is InChI=1S/C12H14Cl2N2O5/c13-4-1-6-7(2-5(4)14)16-12(15-6)11(21)10(20)9(19)8(18)3-17/h1-2,8-11,17-21H,3H2,(H,15,16)/t8-,9-,10+,11-/m1/s1. The van der Waals surface area contributed by atoms with Crippen LogP contribution in [-0.2, 0) is 0 Å². The molecule has 2 aromatic rings. The molecule has 0 saturated heterocycles. The van der Waals surface area contributed by atoms with Gasteiger partial charge in [-0.2, -0.15) is 0 Å². The molecule has 7 nitrogen and oxygen atoms in total. The summed E-state index contributed by atoms with van der Waals surface area (Å²) in [7, 11) is 0. The maximum Gasteiger partial charge on any atom is 0.140 e. The lowest BCUT2D eigenvalue weighted by atomic mass is 10.0. The highest BCUT2D eigenvalue weighted by Crippen LogP contribution is 2.28. The van der Waals surface area contributed by atoms with Crippen molar-refractivity contribution in [3.05, 3.63) is 28.0 Å². The van der Waals surface area contributed by atoms with Crippen LogP contribution in [0, 0.1) is 0 Å². The van der Waals surface area contributed by atoms with Crippen molar-refractivity contribution >= 4 is 34.2 Å². The Bertz CT molecular complexity index is 596. The van der Waals surface area contributed by atoms with Gasteiger partial charge in [0.15, 0.2) is 0 Å². The maximum absolute atomic E-state index is 9.98. The van der Waals surface area contributed by atoms with Gasteiger partial charge in [0.1, 0.15) is 30.2 Å². The fourth-order valence-electron chi connectivity index (χ4n) is 1.85. The molecule has 6 N–H and O–H groups in total. The normalized spacial score (nSPS) is 17.7. The van der Waals surface area contributed by atoms with Gasteiger partial charge in [-0.1, -0.05) is 23.2 Å². The van der Waals surface area contributed by atoms with E-state index in [1.54, 1.807) is 0 Å². The van der Waals surface area contributed by atoms with Gasteiger partial charge in [-0.25, -0.2) is 4.98 Å². The van der Waals surface area contributed by atoms with Crippen LogP contribution in [0.1, 0.15) is 11.9 Å². The van der Waals surface area contributed by atoms with E-state index in [0.29, 0.717) is 16.1 Å². The first kappa shape index (κ1) is 16.4. The summed E-state index contributed by atoms with van der Waals surface area (Å²) in [4.78, 5) is 6.78. The molecule has 21 heavy (non-hydrogen) atoms. The molecule has 1 aromatic carbocycles. The molecule has 0 bridgehead atoms. The number of H-pyrrole nitrogens is 1. The Hall–Kier alpha value is -0.930. The number of aromatic amines is 1. The molecule has 0 aliphatic carbocycles. The van der Waals surface area contributed by atoms with Crippen LogP contribution >= 0.6 is 23.2 Å². The maximum atomic E-state index is 9.98. The Morgan fingerprint density at radius 1 is 1.05 bits per heavy atom. The third-order valence-electron chi connectivity index (χ3n) is 3.08. The molecular formula is C12H14Cl2N2O5. The fourth-order valence-corrected chi connectivity index (χ4v) is 2.17. The number of hydrogen-bond donors (Lipinski definition) is 6. The van der Waals surface area contributed by atoms with Gasteiger partial charge >= 0.3 is 0 Å². The molecule has 0 fully saturated rings. The third-order valence-corrected chi connectivity index (χ3v) is 3.80. The second-order valence-corrected chi connectivity index (χ2v) is 5.40. The molecule has 0 radical (unpaired) electrons. The molecule has 2 rings (SSSR count).